The van der Waals surface area contributed by atoms with Crippen molar-refractivity contribution in [2.45, 2.75) is 20.4 Å². The number of benzene rings is 2. The fourth-order valence-corrected chi connectivity index (χ4v) is 2.68. The number of aryl methyl sites for hydroxylation is 1. The molecule has 0 saturated carbocycles. The van der Waals surface area contributed by atoms with E-state index in [-0.39, 0.29) is 18.3 Å². The molecule has 0 atom stereocenters. The molecule has 1 heterocycles. The van der Waals surface area contributed by atoms with Gasteiger partial charge < -0.3 is 9.32 Å². The van der Waals surface area contributed by atoms with Crippen LogP contribution in [0, 0.1) is 12.7 Å². The standard InChI is InChI=1S/C19H18FN3O3/c1-3-22(16-7-5-4-6-13(16)2)17(24)12-23-19(25)26-18(21-23)14-8-10-15(20)11-9-14/h4-11H,3,12H2,1-2H3. The van der Waals surface area contributed by atoms with Gasteiger partial charge in [-0.1, -0.05) is 18.2 Å². The van der Waals surface area contributed by atoms with Gasteiger partial charge in [0.2, 0.25) is 11.8 Å². The van der Waals surface area contributed by atoms with E-state index in [0.717, 1.165) is 15.9 Å². The third-order valence-corrected chi connectivity index (χ3v) is 4.01. The number of likely N-dealkylation sites (N-methyl/N-ethyl adjacent to an activating group) is 1. The van der Waals surface area contributed by atoms with E-state index in [1.807, 2.05) is 38.1 Å². The Balaban J connectivity index is 1.84. The topological polar surface area (TPSA) is 68.3 Å². The molecule has 0 unspecified atom stereocenters. The third-order valence-electron chi connectivity index (χ3n) is 4.01. The first-order chi connectivity index (χ1) is 12.5. The number of amides is 1. The van der Waals surface area contributed by atoms with Crippen LogP contribution in [-0.4, -0.2) is 22.2 Å². The number of rotatable bonds is 5. The molecule has 1 amide bonds. The summed E-state index contributed by atoms with van der Waals surface area (Å²) >= 11 is 0. The Labute approximate surface area is 149 Å². The van der Waals surface area contributed by atoms with Crippen molar-refractivity contribution < 1.29 is 13.6 Å². The molecule has 0 fully saturated rings. The number of anilines is 1. The maximum Gasteiger partial charge on any atom is 0.437 e. The Morgan fingerprint density at radius 3 is 2.54 bits per heavy atom. The van der Waals surface area contributed by atoms with Crippen molar-refractivity contribution in [3.8, 4) is 11.5 Å². The van der Waals surface area contributed by atoms with Gasteiger partial charge in [0.1, 0.15) is 12.4 Å². The molecule has 134 valence electrons. The lowest BCUT2D eigenvalue weighted by molar-refractivity contribution is -0.119. The minimum atomic E-state index is -0.737. The monoisotopic (exact) mass is 355 g/mol. The van der Waals surface area contributed by atoms with Crippen LogP contribution in [0.1, 0.15) is 12.5 Å². The Bertz CT molecular complexity index is 976. The largest absolute Gasteiger partial charge is 0.437 e. The molecule has 0 radical (unpaired) electrons. The number of nitrogens with zero attached hydrogens (tertiary/aromatic N) is 3. The van der Waals surface area contributed by atoms with Crippen molar-refractivity contribution in [1.29, 1.82) is 0 Å². The zero-order valence-corrected chi connectivity index (χ0v) is 14.5. The number of carbonyl (C=O) groups is 1. The zero-order chi connectivity index (χ0) is 18.7. The number of halogens is 1. The van der Waals surface area contributed by atoms with Crippen molar-refractivity contribution in [3.63, 3.8) is 0 Å². The number of para-hydroxylation sites is 1. The maximum atomic E-state index is 13.0. The van der Waals surface area contributed by atoms with E-state index in [4.69, 9.17) is 4.42 Å². The second kappa shape index (κ2) is 7.35. The van der Waals surface area contributed by atoms with Crippen LogP contribution in [-0.2, 0) is 11.3 Å². The van der Waals surface area contributed by atoms with E-state index in [0.29, 0.717) is 12.1 Å². The van der Waals surface area contributed by atoms with Gasteiger partial charge in [-0.2, -0.15) is 4.68 Å². The minimum Gasteiger partial charge on any atom is -0.388 e. The molecule has 7 heteroatoms. The molecule has 0 N–H and O–H groups in total. The van der Waals surface area contributed by atoms with Crippen molar-refractivity contribution in [3.05, 3.63) is 70.5 Å². The minimum absolute atomic E-state index is 0.0433. The van der Waals surface area contributed by atoms with Crippen LogP contribution in [0.4, 0.5) is 10.1 Å². The van der Waals surface area contributed by atoms with E-state index in [9.17, 15) is 14.0 Å². The lowest BCUT2D eigenvalue weighted by atomic mass is 10.2. The van der Waals surface area contributed by atoms with Crippen LogP contribution in [0.15, 0.2) is 57.7 Å². The molecule has 26 heavy (non-hydrogen) atoms. The number of hydrogen-bond acceptors (Lipinski definition) is 4. The Morgan fingerprint density at radius 1 is 1.19 bits per heavy atom. The van der Waals surface area contributed by atoms with Crippen molar-refractivity contribution in [2.75, 3.05) is 11.4 Å². The molecule has 6 nitrogen and oxygen atoms in total. The summed E-state index contributed by atoms with van der Waals surface area (Å²) in [6.45, 7) is 3.99. The van der Waals surface area contributed by atoms with Gasteiger partial charge in [0.25, 0.3) is 0 Å². The predicted molar refractivity (Wildman–Crippen MR) is 95.4 cm³/mol. The average Bonchev–Trinajstić information content (AvgIpc) is 2.98. The van der Waals surface area contributed by atoms with Crippen LogP contribution in [0.2, 0.25) is 0 Å². The van der Waals surface area contributed by atoms with Gasteiger partial charge in [-0.3, -0.25) is 4.79 Å². The molecule has 0 aliphatic carbocycles. The summed E-state index contributed by atoms with van der Waals surface area (Å²) in [5.74, 6) is -1.37. The van der Waals surface area contributed by atoms with Crippen molar-refractivity contribution >= 4 is 11.6 Å². The van der Waals surface area contributed by atoms with E-state index in [1.54, 1.807) is 4.90 Å². The molecule has 0 bridgehead atoms. The Kier molecular flexibility index (Phi) is 4.97. The summed E-state index contributed by atoms with van der Waals surface area (Å²) in [6.07, 6.45) is 0. The highest BCUT2D eigenvalue weighted by atomic mass is 19.1. The highest BCUT2D eigenvalue weighted by Crippen LogP contribution is 2.20. The summed E-state index contributed by atoms with van der Waals surface area (Å²) in [7, 11) is 0. The van der Waals surface area contributed by atoms with Crippen LogP contribution in [0.25, 0.3) is 11.5 Å². The van der Waals surface area contributed by atoms with Crippen molar-refractivity contribution in [2.24, 2.45) is 0 Å². The first-order valence-electron chi connectivity index (χ1n) is 8.19. The second-order valence-electron chi connectivity index (χ2n) is 5.76. The molecule has 0 saturated heterocycles. The molecule has 0 aliphatic rings. The molecule has 3 aromatic rings. The summed E-state index contributed by atoms with van der Waals surface area (Å²) in [4.78, 5) is 26.3. The fraction of sp³-hybridized carbons (Fsp3) is 0.211. The molecule has 0 aliphatic heterocycles. The Hall–Kier alpha value is -3.22. The molecular weight excluding hydrogens is 337 g/mol. The van der Waals surface area contributed by atoms with Gasteiger partial charge >= 0.3 is 5.76 Å². The first kappa shape index (κ1) is 17.6. The number of hydrogen-bond donors (Lipinski definition) is 0. The van der Waals surface area contributed by atoms with Gasteiger partial charge in [0, 0.05) is 17.8 Å². The fourth-order valence-electron chi connectivity index (χ4n) is 2.68. The van der Waals surface area contributed by atoms with E-state index in [2.05, 4.69) is 5.10 Å². The van der Waals surface area contributed by atoms with Crippen molar-refractivity contribution in [1.82, 2.24) is 9.78 Å². The second-order valence-corrected chi connectivity index (χ2v) is 5.76. The van der Waals surface area contributed by atoms with Gasteiger partial charge in [-0.25, -0.2) is 9.18 Å². The van der Waals surface area contributed by atoms with Gasteiger partial charge in [0.15, 0.2) is 0 Å². The molecule has 2 aromatic carbocycles. The van der Waals surface area contributed by atoms with Crippen LogP contribution in [0.5, 0.6) is 0 Å². The van der Waals surface area contributed by atoms with E-state index >= 15 is 0 Å². The summed E-state index contributed by atoms with van der Waals surface area (Å²) in [5.41, 5.74) is 2.21. The summed E-state index contributed by atoms with van der Waals surface area (Å²) in [5, 5.41) is 4.05. The van der Waals surface area contributed by atoms with Gasteiger partial charge in [-0.15, -0.1) is 5.10 Å². The summed E-state index contributed by atoms with van der Waals surface area (Å²) < 4.78 is 19.1. The number of carbonyl (C=O) groups excluding carboxylic acids is 1. The molecule has 1 aromatic heterocycles. The quantitative estimate of drug-likeness (QED) is 0.706. The molecule has 0 spiro atoms. The van der Waals surface area contributed by atoms with Crippen LogP contribution >= 0.6 is 0 Å². The normalized spacial score (nSPS) is 10.7. The maximum absolute atomic E-state index is 13.0. The zero-order valence-electron chi connectivity index (χ0n) is 14.5. The van der Waals surface area contributed by atoms with E-state index in [1.165, 1.54) is 24.3 Å². The van der Waals surface area contributed by atoms with Crippen LogP contribution < -0.4 is 10.7 Å². The third kappa shape index (κ3) is 3.56. The lowest BCUT2D eigenvalue weighted by Crippen LogP contribution is -2.36. The smallest absolute Gasteiger partial charge is 0.388 e. The number of aromatic nitrogens is 2. The van der Waals surface area contributed by atoms with Crippen LogP contribution in [0.3, 0.4) is 0 Å². The SMILES string of the molecule is CCN(C(=O)Cn1nc(-c2ccc(F)cc2)oc1=O)c1ccccc1C. The predicted octanol–water partition coefficient (Wildman–Crippen LogP) is 3.00. The van der Waals surface area contributed by atoms with E-state index < -0.39 is 11.6 Å². The molecule has 3 rings (SSSR count). The Morgan fingerprint density at radius 2 is 1.88 bits per heavy atom. The van der Waals surface area contributed by atoms with Gasteiger partial charge in [0.05, 0.1) is 0 Å². The average molecular weight is 355 g/mol. The lowest BCUT2D eigenvalue weighted by Gasteiger charge is -2.22. The molecular formula is C19H18FN3O3. The highest BCUT2D eigenvalue weighted by Gasteiger charge is 2.19. The summed E-state index contributed by atoms with van der Waals surface area (Å²) in [6, 6.07) is 12.9. The van der Waals surface area contributed by atoms with Gasteiger partial charge in [-0.05, 0) is 49.7 Å². The highest BCUT2D eigenvalue weighted by molar-refractivity contribution is 5.93. The first-order valence-corrected chi connectivity index (χ1v) is 8.19.